The molecule has 6 heteroatoms. The third kappa shape index (κ3) is 2.25. The van der Waals surface area contributed by atoms with Gasteiger partial charge in [0.05, 0.1) is 31.7 Å². The Kier molecular flexibility index (Phi) is 3.03. The predicted octanol–water partition coefficient (Wildman–Crippen LogP) is 1.08. The van der Waals surface area contributed by atoms with E-state index in [2.05, 4.69) is 15.5 Å². The van der Waals surface area contributed by atoms with Crippen LogP contribution in [-0.4, -0.2) is 26.7 Å². The lowest BCUT2D eigenvalue weighted by Crippen LogP contribution is -2.06. The molecule has 0 aliphatic heterocycles. The molecular weight excluding hydrogens is 218 g/mol. The first kappa shape index (κ1) is 11.5. The molecule has 17 heavy (non-hydrogen) atoms. The number of hydrogen-bond donors (Lipinski definition) is 1. The topological polar surface area (TPSA) is 56.9 Å². The molecule has 0 spiro atoms. The van der Waals surface area contributed by atoms with E-state index in [0.29, 0.717) is 12.4 Å². The molecule has 6 nitrogen and oxygen atoms in total. The largest absolute Gasteiger partial charge is 0.478 e. The minimum atomic E-state index is 0.604. The van der Waals surface area contributed by atoms with Crippen LogP contribution in [0.2, 0.25) is 0 Å². The van der Waals surface area contributed by atoms with E-state index in [4.69, 9.17) is 4.74 Å². The second kappa shape index (κ2) is 4.48. The highest BCUT2D eigenvalue weighted by Gasteiger charge is 2.09. The summed E-state index contributed by atoms with van der Waals surface area (Å²) in [4.78, 5) is 0. The molecule has 2 aromatic rings. The van der Waals surface area contributed by atoms with Gasteiger partial charge in [-0.2, -0.15) is 5.10 Å². The summed E-state index contributed by atoms with van der Waals surface area (Å²) >= 11 is 0. The van der Waals surface area contributed by atoms with Crippen LogP contribution in [0, 0.1) is 6.92 Å². The molecule has 0 aromatic carbocycles. The van der Waals surface area contributed by atoms with Crippen molar-refractivity contribution in [1.82, 2.24) is 19.6 Å². The van der Waals surface area contributed by atoms with E-state index < -0.39 is 0 Å². The molecule has 0 unspecified atom stereocenters. The van der Waals surface area contributed by atoms with E-state index in [0.717, 1.165) is 11.4 Å². The summed E-state index contributed by atoms with van der Waals surface area (Å²) in [6.07, 6.45) is 3.75. The van der Waals surface area contributed by atoms with Crippen molar-refractivity contribution in [1.29, 1.82) is 0 Å². The van der Waals surface area contributed by atoms with E-state index in [9.17, 15) is 0 Å². The first-order valence-electron chi connectivity index (χ1n) is 5.40. The maximum atomic E-state index is 5.18. The number of ether oxygens (including phenoxy) is 1. The highest BCUT2D eigenvalue weighted by atomic mass is 16.5. The highest BCUT2D eigenvalue weighted by Crippen LogP contribution is 2.22. The van der Waals surface area contributed by atoms with Crippen LogP contribution < -0.4 is 10.1 Å². The van der Waals surface area contributed by atoms with Gasteiger partial charge in [-0.1, -0.05) is 0 Å². The maximum absolute atomic E-state index is 5.18. The van der Waals surface area contributed by atoms with Crippen molar-refractivity contribution >= 4 is 5.69 Å². The fourth-order valence-electron chi connectivity index (χ4n) is 1.75. The van der Waals surface area contributed by atoms with Crippen molar-refractivity contribution in [2.75, 3.05) is 12.4 Å². The van der Waals surface area contributed by atoms with Crippen LogP contribution >= 0.6 is 0 Å². The van der Waals surface area contributed by atoms with Gasteiger partial charge in [-0.15, -0.1) is 5.10 Å². The summed E-state index contributed by atoms with van der Waals surface area (Å²) < 4.78 is 8.77. The number of nitrogens with one attached hydrogen (secondary N) is 1. The fraction of sp³-hybridized carbons (Fsp3) is 0.455. The van der Waals surface area contributed by atoms with Crippen molar-refractivity contribution in [3.63, 3.8) is 0 Å². The molecule has 0 aliphatic rings. The Balaban J connectivity index is 2.12. The number of aryl methyl sites for hydroxylation is 3. The lowest BCUT2D eigenvalue weighted by molar-refractivity contribution is 0.393. The zero-order valence-electron chi connectivity index (χ0n) is 10.6. The van der Waals surface area contributed by atoms with Crippen LogP contribution in [0.3, 0.4) is 0 Å². The second-order valence-corrected chi connectivity index (χ2v) is 3.98. The van der Waals surface area contributed by atoms with Crippen molar-refractivity contribution in [2.45, 2.75) is 13.5 Å². The van der Waals surface area contributed by atoms with Crippen LogP contribution in [0.25, 0.3) is 0 Å². The Bertz CT molecular complexity index is 494. The van der Waals surface area contributed by atoms with Gasteiger partial charge in [0, 0.05) is 14.1 Å². The van der Waals surface area contributed by atoms with E-state index in [1.54, 1.807) is 11.8 Å². The van der Waals surface area contributed by atoms with Gasteiger partial charge in [0.2, 0.25) is 0 Å². The Labute approximate surface area is 100 Å². The number of hydrogen-bond acceptors (Lipinski definition) is 4. The van der Waals surface area contributed by atoms with Crippen LogP contribution in [0.1, 0.15) is 11.3 Å². The van der Waals surface area contributed by atoms with Gasteiger partial charge in [0.25, 0.3) is 5.88 Å². The predicted molar refractivity (Wildman–Crippen MR) is 65.0 cm³/mol. The summed E-state index contributed by atoms with van der Waals surface area (Å²) in [7, 11) is 5.41. The number of anilines is 1. The van der Waals surface area contributed by atoms with E-state index in [1.807, 2.05) is 38.1 Å². The van der Waals surface area contributed by atoms with Gasteiger partial charge in [-0.3, -0.25) is 9.36 Å². The average Bonchev–Trinajstić information content (AvgIpc) is 2.81. The van der Waals surface area contributed by atoms with Crippen molar-refractivity contribution in [3.8, 4) is 5.88 Å². The van der Waals surface area contributed by atoms with Gasteiger partial charge in [-0.25, -0.2) is 0 Å². The van der Waals surface area contributed by atoms with Crippen LogP contribution in [0.4, 0.5) is 5.69 Å². The van der Waals surface area contributed by atoms with Crippen molar-refractivity contribution < 1.29 is 4.74 Å². The zero-order valence-corrected chi connectivity index (χ0v) is 10.6. The van der Waals surface area contributed by atoms with Crippen LogP contribution in [-0.2, 0) is 20.6 Å². The third-order valence-electron chi connectivity index (χ3n) is 2.70. The lowest BCUT2D eigenvalue weighted by Gasteiger charge is -2.07. The molecule has 1 N–H and O–H groups in total. The molecule has 92 valence electrons. The zero-order chi connectivity index (χ0) is 12.4. The van der Waals surface area contributed by atoms with Gasteiger partial charge >= 0.3 is 0 Å². The van der Waals surface area contributed by atoms with Crippen LogP contribution in [0.15, 0.2) is 12.4 Å². The molecule has 0 amide bonds. The molecule has 0 atom stereocenters. The van der Waals surface area contributed by atoms with Crippen molar-refractivity contribution in [2.24, 2.45) is 14.1 Å². The minimum Gasteiger partial charge on any atom is -0.478 e. The maximum Gasteiger partial charge on any atom is 0.256 e. The monoisotopic (exact) mass is 235 g/mol. The summed E-state index contributed by atoms with van der Waals surface area (Å²) in [6.45, 7) is 2.74. The first-order chi connectivity index (χ1) is 8.11. The number of rotatable bonds is 4. The quantitative estimate of drug-likeness (QED) is 0.861. The van der Waals surface area contributed by atoms with Crippen molar-refractivity contribution in [3.05, 3.63) is 23.7 Å². The van der Waals surface area contributed by atoms with E-state index in [-0.39, 0.29) is 0 Å². The molecule has 0 radical (unpaired) electrons. The van der Waals surface area contributed by atoms with E-state index in [1.165, 1.54) is 5.56 Å². The summed E-state index contributed by atoms with van der Waals surface area (Å²) in [5.74, 6) is 0.604. The van der Waals surface area contributed by atoms with Gasteiger partial charge in [0.15, 0.2) is 0 Å². The third-order valence-corrected chi connectivity index (χ3v) is 2.70. The fourth-order valence-corrected chi connectivity index (χ4v) is 1.75. The Hall–Kier alpha value is -1.98. The Morgan fingerprint density at radius 3 is 2.76 bits per heavy atom. The van der Waals surface area contributed by atoms with Gasteiger partial charge < -0.3 is 10.1 Å². The summed E-state index contributed by atoms with van der Waals surface area (Å²) in [5.41, 5.74) is 3.20. The molecule has 0 saturated carbocycles. The molecule has 0 saturated heterocycles. The molecule has 2 aromatic heterocycles. The summed E-state index contributed by atoms with van der Waals surface area (Å²) in [5, 5.41) is 11.7. The standard InChI is InChI=1S/C11H17N5O/c1-8-5-13-16(3)10(8)6-12-9-7-15(2)14-11(9)17-4/h5,7,12H,6H2,1-4H3. The SMILES string of the molecule is COc1nn(C)cc1NCc1c(C)cnn1C. The minimum absolute atomic E-state index is 0.604. The number of aromatic nitrogens is 4. The number of nitrogens with zero attached hydrogens (tertiary/aromatic N) is 4. The Morgan fingerprint density at radius 1 is 1.41 bits per heavy atom. The Morgan fingerprint density at radius 2 is 2.18 bits per heavy atom. The second-order valence-electron chi connectivity index (χ2n) is 3.98. The lowest BCUT2D eigenvalue weighted by atomic mass is 10.3. The summed E-state index contributed by atoms with van der Waals surface area (Å²) in [6, 6.07) is 0. The highest BCUT2D eigenvalue weighted by molar-refractivity contribution is 5.51. The first-order valence-corrected chi connectivity index (χ1v) is 5.40. The molecule has 0 aliphatic carbocycles. The number of methoxy groups -OCH3 is 1. The molecule has 2 heterocycles. The smallest absolute Gasteiger partial charge is 0.256 e. The van der Waals surface area contributed by atoms with Gasteiger partial charge in [-0.05, 0) is 12.5 Å². The normalized spacial score (nSPS) is 10.6. The van der Waals surface area contributed by atoms with E-state index >= 15 is 0 Å². The van der Waals surface area contributed by atoms with Crippen LogP contribution in [0.5, 0.6) is 5.88 Å². The average molecular weight is 235 g/mol. The van der Waals surface area contributed by atoms with Gasteiger partial charge in [0.1, 0.15) is 5.69 Å². The molecular formula is C11H17N5O. The molecule has 2 rings (SSSR count). The molecule has 0 fully saturated rings. The molecule has 0 bridgehead atoms.